The van der Waals surface area contributed by atoms with Crippen LogP contribution in [-0.2, 0) is 0 Å². The predicted octanol–water partition coefficient (Wildman–Crippen LogP) is 3.31. The number of benzene rings is 1. The maximum Gasteiger partial charge on any atom is 0.225 e. The third-order valence-electron chi connectivity index (χ3n) is 5.17. The maximum absolute atomic E-state index is 9.55. The van der Waals surface area contributed by atoms with E-state index in [1.54, 1.807) is 0 Å². The summed E-state index contributed by atoms with van der Waals surface area (Å²) in [4.78, 5) is 18.1. The number of hydrogen-bond acceptors (Lipinski definition) is 6. The number of likely N-dealkylation sites (N-methyl/N-ethyl adjacent to an activating group) is 1. The summed E-state index contributed by atoms with van der Waals surface area (Å²) in [5.41, 5.74) is 2.60. The van der Waals surface area contributed by atoms with Crippen molar-refractivity contribution in [3.05, 3.63) is 53.9 Å². The Balaban J connectivity index is 1.60. The predicted molar refractivity (Wildman–Crippen MR) is 107 cm³/mol. The molecule has 3 heterocycles. The van der Waals surface area contributed by atoms with Crippen molar-refractivity contribution >= 4 is 22.7 Å². The van der Waals surface area contributed by atoms with Crippen LogP contribution in [0, 0.1) is 18.3 Å². The van der Waals surface area contributed by atoms with Crippen LogP contribution < -0.4 is 9.80 Å². The van der Waals surface area contributed by atoms with E-state index >= 15 is 0 Å². The Morgan fingerprint density at radius 2 is 2.00 bits per heavy atom. The molecule has 0 saturated carbocycles. The van der Waals surface area contributed by atoms with Gasteiger partial charge in [0.2, 0.25) is 5.95 Å². The highest BCUT2D eigenvalue weighted by Crippen LogP contribution is 2.26. The molecule has 3 aromatic rings. The van der Waals surface area contributed by atoms with Crippen LogP contribution in [0.2, 0.25) is 0 Å². The molecule has 136 valence electrons. The van der Waals surface area contributed by atoms with Gasteiger partial charge in [0.1, 0.15) is 5.82 Å². The molecular formula is C21H22N6. The summed E-state index contributed by atoms with van der Waals surface area (Å²) in [6, 6.07) is 12.4. The number of nitrogens with zero attached hydrogens (tertiary/aromatic N) is 6. The molecule has 0 aliphatic carbocycles. The van der Waals surface area contributed by atoms with Crippen molar-refractivity contribution < 1.29 is 0 Å². The third kappa shape index (κ3) is 3.41. The van der Waals surface area contributed by atoms with E-state index in [9.17, 15) is 5.26 Å². The summed E-state index contributed by atoms with van der Waals surface area (Å²) in [6.45, 7) is 3.77. The lowest BCUT2D eigenvalue weighted by Crippen LogP contribution is -2.47. The first-order valence-electron chi connectivity index (χ1n) is 9.22. The molecule has 6 heteroatoms. The quantitative estimate of drug-likeness (QED) is 0.715. The van der Waals surface area contributed by atoms with Gasteiger partial charge in [0.05, 0.1) is 17.1 Å². The van der Waals surface area contributed by atoms with Crippen LogP contribution in [0.25, 0.3) is 10.9 Å². The van der Waals surface area contributed by atoms with E-state index in [1.807, 2.05) is 56.7 Å². The molecule has 1 aliphatic rings. The molecule has 1 unspecified atom stereocenters. The van der Waals surface area contributed by atoms with Crippen molar-refractivity contribution in [2.75, 3.05) is 29.9 Å². The van der Waals surface area contributed by atoms with Crippen molar-refractivity contribution in [3.63, 3.8) is 0 Å². The Labute approximate surface area is 159 Å². The fourth-order valence-electron chi connectivity index (χ4n) is 3.63. The van der Waals surface area contributed by atoms with Gasteiger partial charge in [-0.25, -0.2) is 15.0 Å². The van der Waals surface area contributed by atoms with Crippen LogP contribution in [0.3, 0.4) is 0 Å². The second-order valence-electron chi connectivity index (χ2n) is 7.07. The van der Waals surface area contributed by atoms with E-state index in [1.165, 1.54) is 0 Å². The van der Waals surface area contributed by atoms with Crippen LogP contribution in [0.4, 0.5) is 11.8 Å². The Hall–Kier alpha value is -3.20. The van der Waals surface area contributed by atoms with Gasteiger partial charge in [0.25, 0.3) is 0 Å². The Kier molecular flexibility index (Phi) is 4.59. The van der Waals surface area contributed by atoms with Gasteiger partial charge >= 0.3 is 0 Å². The zero-order chi connectivity index (χ0) is 18.8. The number of fused-ring (bicyclic) bond motifs is 1. The third-order valence-corrected chi connectivity index (χ3v) is 5.17. The number of anilines is 2. The standard InChI is InChI=1S/C21H22N6/c1-15-12-23-21(24-13-15)26(2)17-6-5-9-27(14-17)20-10-16(11-22)18-7-3-4-8-19(18)25-20/h3-4,7-8,10,12-13,17H,5-6,9,14H2,1-2H3. The van der Waals surface area contributed by atoms with E-state index < -0.39 is 0 Å². The highest BCUT2D eigenvalue weighted by atomic mass is 15.3. The highest BCUT2D eigenvalue weighted by Gasteiger charge is 2.26. The summed E-state index contributed by atoms with van der Waals surface area (Å²) in [7, 11) is 2.05. The van der Waals surface area contributed by atoms with E-state index in [4.69, 9.17) is 4.98 Å². The second kappa shape index (κ2) is 7.20. The molecule has 0 radical (unpaired) electrons. The summed E-state index contributed by atoms with van der Waals surface area (Å²) < 4.78 is 0. The molecule has 0 bridgehead atoms. The van der Waals surface area contributed by atoms with Crippen molar-refractivity contribution in [2.24, 2.45) is 0 Å². The maximum atomic E-state index is 9.55. The molecular weight excluding hydrogens is 336 g/mol. The topological polar surface area (TPSA) is 68.9 Å². The second-order valence-corrected chi connectivity index (χ2v) is 7.07. The number of nitriles is 1. The lowest BCUT2D eigenvalue weighted by molar-refractivity contribution is 0.481. The smallest absolute Gasteiger partial charge is 0.225 e. The van der Waals surface area contributed by atoms with Crippen LogP contribution in [0.1, 0.15) is 24.0 Å². The van der Waals surface area contributed by atoms with Gasteiger partial charge in [-0.15, -0.1) is 0 Å². The number of rotatable bonds is 3. The van der Waals surface area contributed by atoms with Gasteiger partial charge in [0, 0.05) is 44.0 Å². The molecule has 0 N–H and O–H groups in total. The first-order valence-corrected chi connectivity index (χ1v) is 9.22. The van der Waals surface area contributed by atoms with Crippen LogP contribution in [0.15, 0.2) is 42.7 Å². The summed E-state index contributed by atoms with van der Waals surface area (Å²) in [5, 5.41) is 10.5. The lowest BCUT2D eigenvalue weighted by atomic mass is 10.0. The molecule has 4 rings (SSSR count). The van der Waals surface area contributed by atoms with E-state index in [0.717, 1.165) is 54.2 Å². The zero-order valence-corrected chi connectivity index (χ0v) is 15.6. The van der Waals surface area contributed by atoms with E-state index in [2.05, 4.69) is 25.8 Å². The van der Waals surface area contributed by atoms with Crippen molar-refractivity contribution in [3.8, 4) is 6.07 Å². The lowest BCUT2D eigenvalue weighted by Gasteiger charge is -2.38. The molecule has 1 aliphatic heterocycles. The van der Waals surface area contributed by atoms with Gasteiger partial charge in [-0.2, -0.15) is 5.26 Å². The number of aryl methyl sites for hydroxylation is 1. The van der Waals surface area contributed by atoms with Crippen molar-refractivity contribution in [1.82, 2.24) is 15.0 Å². The molecule has 6 nitrogen and oxygen atoms in total. The number of aromatic nitrogens is 3. The summed E-state index contributed by atoms with van der Waals surface area (Å²) in [6.07, 6.45) is 5.85. The van der Waals surface area contributed by atoms with E-state index in [0.29, 0.717) is 11.6 Å². The fourth-order valence-corrected chi connectivity index (χ4v) is 3.63. The van der Waals surface area contributed by atoms with Gasteiger partial charge in [0.15, 0.2) is 0 Å². The minimum atomic E-state index is 0.306. The average Bonchev–Trinajstić information content (AvgIpc) is 2.73. The molecule has 0 spiro atoms. The molecule has 1 aromatic carbocycles. The first-order chi connectivity index (χ1) is 13.2. The number of para-hydroxylation sites is 1. The monoisotopic (exact) mass is 358 g/mol. The summed E-state index contributed by atoms with van der Waals surface area (Å²) in [5.74, 6) is 1.62. The molecule has 0 amide bonds. The number of hydrogen-bond donors (Lipinski definition) is 0. The Bertz CT molecular complexity index is 992. The van der Waals surface area contributed by atoms with Crippen LogP contribution in [-0.4, -0.2) is 41.1 Å². The largest absolute Gasteiger partial charge is 0.354 e. The van der Waals surface area contributed by atoms with Crippen molar-refractivity contribution in [1.29, 1.82) is 5.26 Å². The Morgan fingerprint density at radius 3 is 2.78 bits per heavy atom. The fraction of sp³-hybridized carbons (Fsp3) is 0.333. The number of pyridine rings is 1. The van der Waals surface area contributed by atoms with Gasteiger partial charge in [-0.1, -0.05) is 18.2 Å². The first kappa shape index (κ1) is 17.2. The highest BCUT2D eigenvalue weighted by molar-refractivity contribution is 5.86. The molecule has 2 aromatic heterocycles. The average molecular weight is 358 g/mol. The summed E-state index contributed by atoms with van der Waals surface area (Å²) >= 11 is 0. The van der Waals surface area contributed by atoms with Crippen LogP contribution in [0.5, 0.6) is 0 Å². The molecule has 1 saturated heterocycles. The van der Waals surface area contributed by atoms with Crippen LogP contribution >= 0.6 is 0 Å². The van der Waals surface area contributed by atoms with Crippen molar-refractivity contribution in [2.45, 2.75) is 25.8 Å². The minimum absolute atomic E-state index is 0.306. The molecule has 1 fully saturated rings. The SMILES string of the molecule is Cc1cnc(N(C)C2CCCN(c3cc(C#N)c4ccccc4n3)C2)nc1. The molecule has 1 atom stereocenters. The Morgan fingerprint density at radius 1 is 1.22 bits per heavy atom. The van der Waals surface area contributed by atoms with Gasteiger partial charge < -0.3 is 9.80 Å². The number of piperidine rings is 1. The van der Waals surface area contributed by atoms with Gasteiger partial charge in [-0.3, -0.25) is 0 Å². The zero-order valence-electron chi connectivity index (χ0n) is 15.6. The normalized spacial score (nSPS) is 16.9. The minimum Gasteiger partial charge on any atom is -0.354 e. The molecule has 27 heavy (non-hydrogen) atoms. The van der Waals surface area contributed by atoms with E-state index in [-0.39, 0.29) is 0 Å². The van der Waals surface area contributed by atoms with Gasteiger partial charge in [-0.05, 0) is 37.5 Å².